The molecular formula is C70H82Cl2N6O22S. The highest BCUT2D eigenvalue weighted by Crippen LogP contribution is 2.51. The third-order valence-electron chi connectivity index (χ3n) is 18.8. The van der Waals surface area contributed by atoms with Gasteiger partial charge in [-0.2, -0.15) is 0 Å². The maximum absolute atomic E-state index is 15.8. The number of primary amides is 1. The molecule has 5 amide bonds. The number of fused-ring (bicyclic) bond motifs is 15. The Balaban J connectivity index is 1.24. The number of halogens is 2. The fourth-order valence-corrected chi connectivity index (χ4v) is 14.2. The number of ketones is 1. The van der Waals surface area contributed by atoms with Crippen LogP contribution in [-0.2, 0) is 49.6 Å². The van der Waals surface area contributed by atoms with Crippen LogP contribution in [0.5, 0.6) is 40.2 Å². The maximum Gasteiger partial charge on any atom is 0.246 e. The molecule has 12 rings (SSSR count). The van der Waals surface area contributed by atoms with Crippen molar-refractivity contribution in [1.82, 2.24) is 21.3 Å². The van der Waals surface area contributed by atoms with E-state index in [1.165, 1.54) is 92.9 Å². The molecule has 2 fully saturated rings. The van der Waals surface area contributed by atoms with Crippen molar-refractivity contribution < 1.29 is 108 Å². The Morgan fingerprint density at radius 3 is 1.98 bits per heavy atom. The zero-order chi connectivity index (χ0) is 73.4. The van der Waals surface area contributed by atoms with Crippen LogP contribution in [0.3, 0.4) is 0 Å². The van der Waals surface area contributed by atoms with Gasteiger partial charge in [-0.15, -0.1) is 0 Å². The number of carbonyl (C=O) groups excluding carboxylic acids is 6. The summed E-state index contributed by atoms with van der Waals surface area (Å²) in [5.41, 5.74) is 11.4. The Bertz CT molecular complexity index is 4000. The molecule has 18 atom stereocenters. The monoisotopic (exact) mass is 1460 g/mol. The van der Waals surface area contributed by atoms with Crippen molar-refractivity contribution in [2.24, 2.45) is 29.2 Å². The number of carbonyl (C=O) groups is 6. The number of rotatable bonds is 14. The van der Waals surface area contributed by atoms with E-state index in [1.807, 2.05) is 13.8 Å². The number of nitrogens with one attached hydrogen (secondary N) is 4. The zero-order valence-corrected chi connectivity index (χ0v) is 58.0. The SMILES string of the molecule is COc1cc(CO)cc2c1-c1cc(ccc1O)[C@@H]1CC(=S)[C@@H]3NC(=O)[C@H](CC(N)=O)NC(=O)[C@H](NC(=O)[C@H](C)CC(C)C)[C@H](O)c4ccc(c(Cl)c4)Oc4cc3cc(c4O[C@@H]3OC(CO)C(O)[C@H](O)[C@H]3O[C@H]3CC(C)(N)[C@H](O)[C@H](C)O3)Oc3ccc(cc3Cl)[C@@H](O)[C@H](CC1=O)C(=O)N[C@@H]2CO. The van der Waals surface area contributed by atoms with Crippen molar-refractivity contribution in [1.29, 1.82) is 0 Å². The molecule has 2 saturated heterocycles. The van der Waals surface area contributed by atoms with Gasteiger partial charge in [0.15, 0.2) is 23.9 Å². The fourth-order valence-electron chi connectivity index (χ4n) is 13.4. The summed E-state index contributed by atoms with van der Waals surface area (Å²) in [4.78, 5) is 88.1. The van der Waals surface area contributed by atoms with Gasteiger partial charge in [-0.3, -0.25) is 28.8 Å². The summed E-state index contributed by atoms with van der Waals surface area (Å²) in [6.45, 7) is 6.18. The average molecular weight is 1460 g/mol. The summed E-state index contributed by atoms with van der Waals surface area (Å²) in [5.74, 6) is -12.0. The van der Waals surface area contributed by atoms with Crippen molar-refractivity contribution >= 4 is 75.6 Å². The van der Waals surface area contributed by atoms with Crippen molar-refractivity contribution in [2.75, 3.05) is 20.3 Å². The molecule has 544 valence electrons. The minimum Gasteiger partial charge on any atom is -0.507 e. The Morgan fingerprint density at radius 2 is 1.40 bits per heavy atom. The summed E-state index contributed by atoms with van der Waals surface area (Å²) in [6, 6.07) is 10.3. The number of aromatic hydroxyl groups is 1. The Hall–Kier alpha value is -7.69. The van der Waals surface area contributed by atoms with Crippen LogP contribution >= 0.6 is 35.4 Å². The Kier molecular flexibility index (Phi) is 23.7. The molecule has 7 heterocycles. The van der Waals surface area contributed by atoms with Crippen LogP contribution in [-0.4, -0.2) is 173 Å². The second-order valence-electron chi connectivity index (χ2n) is 26.8. The molecular weight excluding hydrogens is 1380 g/mol. The van der Waals surface area contributed by atoms with Gasteiger partial charge < -0.3 is 112 Å². The fraction of sp³-hybridized carbons (Fsp3) is 0.471. The molecule has 0 saturated carbocycles. The van der Waals surface area contributed by atoms with Gasteiger partial charge in [0.2, 0.25) is 41.6 Å². The van der Waals surface area contributed by atoms with Crippen LogP contribution in [0.4, 0.5) is 0 Å². The number of thiocarbonyl (C=S) groups is 1. The number of amides is 5. The smallest absolute Gasteiger partial charge is 0.246 e. The van der Waals surface area contributed by atoms with E-state index in [0.717, 1.165) is 0 Å². The third-order valence-corrected chi connectivity index (χ3v) is 19.8. The second-order valence-corrected chi connectivity index (χ2v) is 28.1. The molecule has 3 unspecified atom stereocenters. The lowest BCUT2D eigenvalue weighted by molar-refractivity contribution is -0.333. The predicted molar refractivity (Wildman–Crippen MR) is 364 cm³/mol. The first kappa shape index (κ1) is 76.0. The lowest BCUT2D eigenvalue weighted by Gasteiger charge is -2.47. The number of Topliss-reactive ketones (excluding diaryl/α,β-unsaturated/α-hetero) is 1. The summed E-state index contributed by atoms with van der Waals surface area (Å²) in [7, 11) is 1.31. The number of methoxy groups -OCH3 is 1. The molecule has 0 aliphatic carbocycles. The normalized spacial score (nSPS) is 29.6. The van der Waals surface area contributed by atoms with Crippen LogP contribution in [0.25, 0.3) is 11.1 Å². The van der Waals surface area contributed by atoms with Gasteiger partial charge in [-0.25, -0.2) is 0 Å². The van der Waals surface area contributed by atoms with E-state index in [9.17, 15) is 60.3 Å². The van der Waals surface area contributed by atoms with Crippen molar-refractivity contribution in [3.8, 4) is 51.4 Å². The molecule has 101 heavy (non-hydrogen) atoms. The molecule has 0 aromatic heterocycles. The highest BCUT2D eigenvalue weighted by atomic mass is 35.5. The number of aliphatic hydroxyl groups excluding tert-OH is 8. The number of benzene rings is 5. The summed E-state index contributed by atoms with van der Waals surface area (Å²) in [5, 5.41) is 114. The van der Waals surface area contributed by atoms with Gasteiger partial charge in [0, 0.05) is 46.2 Å². The highest BCUT2D eigenvalue weighted by molar-refractivity contribution is 7.80. The van der Waals surface area contributed by atoms with E-state index in [2.05, 4.69) is 21.3 Å². The molecule has 0 radical (unpaired) electrons. The summed E-state index contributed by atoms with van der Waals surface area (Å²) < 4.78 is 44.7. The molecule has 7 aliphatic rings. The molecule has 7 aliphatic heterocycles. The highest BCUT2D eigenvalue weighted by Gasteiger charge is 2.51. The quantitative estimate of drug-likeness (QED) is 0.0700. The zero-order valence-electron chi connectivity index (χ0n) is 55.7. The molecule has 5 aromatic rings. The van der Waals surface area contributed by atoms with Crippen LogP contribution in [0, 0.1) is 17.8 Å². The molecule has 0 spiro atoms. The Morgan fingerprint density at radius 1 is 0.762 bits per heavy atom. The van der Waals surface area contributed by atoms with Gasteiger partial charge in [-0.1, -0.05) is 80.5 Å². The molecule has 17 N–H and O–H groups in total. The van der Waals surface area contributed by atoms with Gasteiger partial charge in [0.25, 0.3) is 0 Å². The first-order valence-corrected chi connectivity index (χ1v) is 33.9. The van der Waals surface area contributed by atoms with E-state index >= 15 is 14.4 Å². The molecule has 28 nitrogen and oxygen atoms in total. The van der Waals surface area contributed by atoms with Crippen molar-refractivity contribution in [3.05, 3.63) is 122 Å². The number of aliphatic hydroxyl groups is 8. The van der Waals surface area contributed by atoms with Crippen LogP contribution in [0.15, 0.2) is 78.9 Å². The van der Waals surface area contributed by atoms with Gasteiger partial charge >= 0.3 is 0 Å². The van der Waals surface area contributed by atoms with Crippen molar-refractivity contribution in [3.63, 3.8) is 0 Å². The number of hydrogen-bond acceptors (Lipinski definition) is 24. The van der Waals surface area contributed by atoms with E-state index in [4.69, 9.17) is 80.0 Å². The number of phenols is 1. The minimum atomic E-state index is -1.96. The number of nitrogens with two attached hydrogens (primary N) is 2. The predicted octanol–water partition coefficient (Wildman–Crippen LogP) is 3.93. The van der Waals surface area contributed by atoms with E-state index < -0.39 is 201 Å². The lowest BCUT2D eigenvalue weighted by Crippen LogP contribution is -2.64. The largest absolute Gasteiger partial charge is 0.507 e. The van der Waals surface area contributed by atoms with Gasteiger partial charge in [-0.05, 0) is 121 Å². The third kappa shape index (κ3) is 16.4. The summed E-state index contributed by atoms with van der Waals surface area (Å²) in [6.07, 6.45) is -18.6. The van der Waals surface area contributed by atoms with Gasteiger partial charge in [0.1, 0.15) is 65.3 Å². The topological polar surface area (TPSA) is 449 Å². The first-order valence-electron chi connectivity index (χ1n) is 32.7. The lowest BCUT2D eigenvalue weighted by atomic mass is 9.79. The van der Waals surface area contributed by atoms with Crippen LogP contribution in [0.1, 0.15) is 130 Å². The molecule has 5 aromatic carbocycles. The minimum absolute atomic E-state index is 0.00171. The van der Waals surface area contributed by atoms with Crippen LogP contribution in [0.2, 0.25) is 10.0 Å². The van der Waals surface area contributed by atoms with E-state index in [-0.39, 0.29) is 94.8 Å². The molecule has 11 bridgehead atoms. The van der Waals surface area contributed by atoms with E-state index in [1.54, 1.807) is 13.8 Å². The van der Waals surface area contributed by atoms with Crippen LogP contribution < -0.4 is 51.7 Å². The number of phenolic OH excluding ortho intramolecular Hbond substituents is 1. The molecule has 31 heteroatoms. The maximum atomic E-state index is 15.8. The summed E-state index contributed by atoms with van der Waals surface area (Å²) >= 11 is 20.7. The number of hydrogen-bond donors (Lipinski definition) is 15. The Labute approximate surface area is 595 Å². The number of ether oxygens (including phenoxy) is 7. The average Bonchev–Trinajstić information content (AvgIpc) is 0.772. The second kappa shape index (κ2) is 31.5. The van der Waals surface area contributed by atoms with E-state index in [0.29, 0.717) is 6.42 Å². The van der Waals surface area contributed by atoms with Crippen molar-refractivity contribution in [2.45, 2.75) is 170 Å². The van der Waals surface area contributed by atoms with Gasteiger partial charge in [0.05, 0.1) is 79.7 Å². The first-order chi connectivity index (χ1) is 47.8. The standard InChI is InChI=1S/C70H82Cl2N6O22S/c1-28(2)13-29(3)65(90)78-57-59(86)34-9-12-47(41(72)18-34)97-50-20-35-19-49(62(50)100-69-63(61(88)60(87)51(27-81)98-69)99-54-24-70(5,74)64(89)30(4)95-54)96-46-11-8-33(17-40(46)71)58(85)39-21-45(83)36(22-52(101)56(35)77-67(92)42(23-53(73)84)75-68(57)93)32-7-10-44(82)38(16-32)55-37(43(26-80)76-66(39)91)14-31(25-79)15-48(55)94-6/h7-12,14-20,28-30,36,39,42-43,51,54,56-61,63-64,69,79-82,85-89H,13,21-27,74H2,1-6H3,(H2,73,84)(H,75,93)(H,76,91)(H,77,92)(H,78,90)/t29-,30+,36+,39+,42+,43-,51?,54+,56-,57-,58-,59-,60?,61+,63-,64-,69+,70?/m1/s1.